The summed E-state index contributed by atoms with van der Waals surface area (Å²) in [6, 6.07) is 17.8. The van der Waals surface area contributed by atoms with E-state index in [4.69, 9.17) is 4.74 Å². The van der Waals surface area contributed by atoms with Crippen LogP contribution < -0.4 is 15.7 Å². The number of rotatable bonds is 4. The number of aromatic nitrogens is 2. The quantitative estimate of drug-likeness (QED) is 0.585. The summed E-state index contributed by atoms with van der Waals surface area (Å²) in [6.07, 6.45) is 0. The number of ether oxygens (including phenoxy) is 1. The van der Waals surface area contributed by atoms with Crippen molar-refractivity contribution in [2.24, 2.45) is 0 Å². The third kappa shape index (κ3) is 3.45. The number of thiophene rings is 1. The molecule has 27 heavy (non-hydrogen) atoms. The van der Waals surface area contributed by atoms with Crippen molar-refractivity contribution in [1.29, 1.82) is 0 Å². The first-order valence-electron chi connectivity index (χ1n) is 8.23. The van der Waals surface area contributed by atoms with Gasteiger partial charge in [0.05, 0.1) is 5.39 Å². The standard InChI is InChI=1S/C20H15N3O3S/c1-13-21-19-17(10-11-27-19)20(25)23(13)22-18(24)14-6-5-9-16(12-14)26-15-7-3-2-4-8-15/h2-12H,1H3,(H,22,24). The van der Waals surface area contributed by atoms with E-state index >= 15 is 0 Å². The predicted octanol–water partition coefficient (Wildman–Crippen LogP) is 3.94. The van der Waals surface area contributed by atoms with Gasteiger partial charge in [-0.1, -0.05) is 24.3 Å². The lowest BCUT2D eigenvalue weighted by atomic mass is 10.2. The number of para-hydroxylation sites is 1. The molecule has 0 aliphatic heterocycles. The lowest BCUT2D eigenvalue weighted by molar-refractivity contribution is 0.101. The fourth-order valence-corrected chi connectivity index (χ4v) is 3.44. The number of nitrogens with zero attached hydrogens (tertiary/aromatic N) is 2. The van der Waals surface area contributed by atoms with Gasteiger partial charge < -0.3 is 4.74 Å². The van der Waals surface area contributed by atoms with E-state index in [0.717, 1.165) is 0 Å². The molecule has 2 aromatic heterocycles. The van der Waals surface area contributed by atoms with Gasteiger partial charge in [0.15, 0.2) is 0 Å². The van der Waals surface area contributed by atoms with Crippen LogP contribution in [0.1, 0.15) is 16.2 Å². The van der Waals surface area contributed by atoms with Gasteiger partial charge in [-0.15, -0.1) is 11.3 Å². The molecular weight excluding hydrogens is 362 g/mol. The number of aryl methyl sites for hydroxylation is 1. The van der Waals surface area contributed by atoms with Crippen LogP contribution in [-0.2, 0) is 0 Å². The lowest BCUT2D eigenvalue weighted by Crippen LogP contribution is -2.35. The molecule has 1 amide bonds. The fourth-order valence-electron chi connectivity index (χ4n) is 2.64. The summed E-state index contributed by atoms with van der Waals surface area (Å²) in [5.41, 5.74) is 2.69. The van der Waals surface area contributed by atoms with Crippen LogP contribution in [0.5, 0.6) is 11.5 Å². The van der Waals surface area contributed by atoms with Crippen molar-refractivity contribution in [3.8, 4) is 11.5 Å². The van der Waals surface area contributed by atoms with Gasteiger partial charge in [-0.05, 0) is 48.7 Å². The molecule has 0 atom stereocenters. The largest absolute Gasteiger partial charge is 0.457 e. The average Bonchev–Trinajstić information content (AvgIpc) is 3.14. The molecule has 2 aromatic carbocycles. The van der Waals surface area contributed by atoms with Gasteiger partial charge in [-0.25, -0.2) is 9.66 Å². The van der Waals surface area contributed by atoms with Gasteiger partial charge in [0.2, 0.25) is 0 Å². The van der Waals surface area contributed by atoms with E-state index in [9.17, 15) is 9.59 Å². The molecule has 0 aliphatic carbocycles. The zero-order valence-corrected chi connectivity index (χ0v) is 15.2. The molecule has 4 rings (SSSR count). The molecule has 0 saturated carbocycles. The van der Waals surface area contributed by atoms with Gasteiger partial charge in [0, 0.05) is 5.56 Å². The van der Waals surface area contributed by atoms with E-state index in [1.54, 1.807) is 42.6 Å². The van der Waals surface area contributed by atoms with Gasteiger partial charge >= 0.3 is 0 Å². The third-order valence-electron chi connectivity index (χ3n) is 3.95. The first-order valence-corrected chi connectivity index (χ1v) is 9.11. The third-order valence-corrected chi connectivity index (χ3v) is 4.76. The summed E-state index contributed by atoms with van der Waals surface area (Å²) < 4.78 is 6.92. The zero-order chi connectivity index (χ0) is 18.8. The van der Waals surface area contributed by atoms with Crippen LogP contribution in [-0.4, -0.2) is 15.6 Å². The number of nitrogens with one attached hydrogen (secondary N) is 1. The Morgan fingerprint density at radius 2 is 1.85 bits per heavy atom. The summed E-state index contributed by atoms with van der Waals surface area (Å²) >= 11 is 1.39. The monoisotopic (exact) mass is 377 g/mol. The Morgan fingerprint density at radius 1 is 1.07 bits per heavy atom. The number of hydrogen-bond acceptors (Lipinski definition) is 5. The van der Waals surface area contributed by atoms with Gasteiger partial charge in [0.1, 0.15) is 22.2 Å². The van der Waals surface area contributed by atoms with Gasteiger partial charge in [-0.3, -0.25) is 15.0 Å². The molecule has 7 heteroatoms. The van der Waals surface area contributed by atoms with E-state index in [-0.39, 0.29) is 5.56 Å². The van der Waals surface area contributed by atoms with Crippen molar-refractivity contribution in [2.75, 3.05) is 5.43 Å². The Kier molecular flexibility index (Phi) is 4.43. The maximum atomic E-state index is 12.6. The van der Waals surface area contributed by atoms with E-state index in [2.05, 4.69) is 10.4 Å². The Labute approximate surface area is 158 Å². The summed E-state index contributed by atoms with van der Waals surface area (Å²) in [6.45, 7) is 1.68. The lowest BCUT2D eigenvalue weighted by Gasteiger charge is -2.12. The van der Waals surface area contributed by atoms with Crippen molar-refractivity contribution in [2.45, 2.75) is 6.92 Å². The average molecular weight is 377 g/mol. The zero-order valence-electron chi connectivity index (χ0n) is 14.4. The van der Waals surface area contributed by atoms with E-state index < -0.39 is 5.91 Å². The first-order chi connectivity index (χ1) is 13.1. The highest BCUT2D eigenvalue weighted by molar-refractivity contribution is 7.16. The number of fused-ring (bicyclic) bond motifs is 1. The van der Waals surface area contributed by atoms with Crippen molar-refractivity contribution in [1.82, 2.24) is 9.66 Å². The summed E-state index contributed by atoms with van der Waals surface area (Å²) in [4.78, 5) is 30.2. The molecule has 6 nitrogen and oxygen atoms in total. The highest BCUT2D eigenvalue weighted by Crippen LogP contribution is 2.22. The second-order valence-corrected chi connectivity index (χ2v) is 6.72. The van der Waals surface area contributed by atoms with Crippen molar-refractivity contribution >= 4 is 27.5 Å². The highest BCUT2D eigenvalue weighted by atomic mass is 32.1. The van der Waals surface area contributed by atoms with Crippen molar-refractivity contribution in [3.63, 3.8) is 0 Å². The summed E-state index contributed by atoms with van der Waals surface area (Å²) in [5, 5.41) is 2.28. The molecule has 0 saturated heterocycles. The number of carbonyl (C=O) groups is 1. The number of benzene rings is 2. The molecule has 0 unspecified atom stereocenters. The van der Waals surface area contributed by atoms with Crippen LogP contribution in [0.15, 0.2) is 70.8 Å². The molecule has 1 N–H and O–H groups in total. The SMILES string of the molecule is Cc1nc2sccc2c(=O)n1NC(=O)c1cccc(Oc2ccccc2)c1. The predicted molar refractivity (Wildman–Crippen MR) is 105 cm³/mol. The minimum Gasteiger partial charge on any atom is -0.457 e. The second-order valence-electron chi connectivity index (χ2n) is 5.82. The number of hydrogen-bond donors (Lipinski definition) is 1. The van der Waals surface area contributed by atoms with Crippen LogP contribution in [0, 0.1) is 6.92 Å². The van der Waals surface area contributed by atoms with Crippen LogP contribution in [0.2, 0.25) is 0 Å². The van der Waals surface area contributed by atoms with Gasteiger partial charge in [-0.2, -0.15) is 0 Å². The van der Waals surface area contributed by atoms with Crippen LogP contribution >= 0.6 is 11.3 Å². The second kappa shape index (κ2) is 7.05. The molecule has 0 spiro atoms. The molecule has 134 valence electrons. The summed E-state index contributed by atoms with van der Waals surface area (Å²) in [7, 11) is 0. The molecule has 0 fully saturated rings. The highest BCUT2D eigenvalue weighted by Gasteiger charge is 2.13. The topological polar surface area (TPSA) is 73.2 Å². The minimum absolute atomic E-state index is 0.302. The summed E-state index contributed by atoms with van der Waals surface area (Å²) in [5.74, 6) is 1.20. The van der Waals surface area contributed by atoms with Gasteiger partial charge in [0.25, 0.3) is 11.5 Å². The Bertz CT molecular complexity index is 1180. The Balaban J connectivity index is 1.60. The first kappa shape index (κ1) is 17.0. The van der Waals surface area contributed by atoms with Crippen LogP contribution in [0.3, 0.4) is 0 Å². The van der Waals surface area contributed by atoms with E-state index in [1.165, 1.54) is 16.0 Å². The van der Waals surface area contributed by atoms with Crippen molar-refractivity contribution in [3.05, 3.63) is 87.8 Å². The fraction of sp³-hybridized carbons (Fsp3) is 0.0500. The maximum Gasteiger partial charge on any atom is 0.281 e. The molecule has 0 bridgehead atoms. The van der Waals surface area contributed by atoms with E-state index in [0.29, 0.717) is 33.1 Å². The smallest absolute Gasteiger partial charge is 0.281 e. The normalized spacial score (nSPS) is 10.7. The molecular formula is C20H15N3O3S. The molecule has 0 aliphatic rings. The van der Waals surface area contributed by atoms with Crippen LogP contribution in [0.25, 0.3) is 10.2 Å². The maximum absolute atomic E-state index is 12.6. The molecule has 0 radical (unpaired) electrons. The minimum atomic E-state index is -0.421. The van der Waals surface area contributed by atoms with Crippen LogP contribution in [0.4, 0.5) is 0 Å². The van der Waals surface area contributed by atoms with Crippen molar-refractivity contribution < 1.29 is 9.53 Å². The molecule has 2 heterocycles. The Hall–Kier alpha value is -3.45. The Morgan fingerprint density at radius 3 is 2.67 bits per heavy atom. The molecule has 4 aromatic rings. The number of amides is 1. The number of carbonyl (C=O) groups excluding carboxylic acids is 1. The van der Waals surface area contributed by atoms with E-state index in [1.807, 2.05) is 30.3 Å².